The maximum absolute atomic E-state index is 12.4. The van der Waals surface area contributed by atoms with Crippen molar-refractivity contribution in [2.24, 2.45) is 0 Å². The van der Waals surface area contributed by atoms with Gasteiger partial charge in [-0.3, -0.25) is 4.79 Å². The number of hydrogen-bond donors (Lipinski definition) is 1. The van der Waals surface area contributed by atoms with Crippen molar-refractivity contribution in [3.63, 3.8) is 0 Å². The van der Waals surface area contributed by atoms with E-state index in [1.165, 1.54) is 37.7 Å². The number of rotatable bonds is 6. The molecular weight excluding hydrogens is 424 g/mol. The Kier molecular flexibility index (Phi) is 6.35. The zero-order valence-electron chi connectivity index (χ0n) is 19.8. The van der Waals surface area contributed by atoms with E-state index in [-0.39, 0.29) is 12.5 Å². The van der Waals surface area contributed by atoms with Crippen LogP contribution in [0.25, 0.3) is 22.6 Å². The van der Waals surface area contributed by atoms with Crippen molar-refractivity contribution in [2.45, 2.75) is 51.9 Å². The molecule has 1 aromatic heterocycles. The Hall–Kier alpha value is -3.60. The minimum absolute atomic E-state index is 0.0334. The van der Waals surface area contributed by atoms with Crippen LogP contribution in [0.4, 0.5) is 5.69 Å². The summed E-state index contributed by atoms with van der Waals surface area (Å²) in [6, 6.07) is 19.8. The van der Waals surface area contributed by atoms with Gasteiger partial charge in [-0.1, -0.05) is 37.5 Å². The Bertz CT molecular complexity index is 1280. The fourth-order valence-corrected chi connectivity index (χ4v) is 4.81. The SMILES string of the molecule is Cc1cc(C)c2oc(-c3ccc(NC(=O)COc4ccc(C5CCCCC5)cc4)cc3)nc2c1. The maximum atomic E-state index is 12.4. The number of anilines is 1. The molecule has 4 aromatic rings. The average Bonchev–Trinajstić information content (AvgIpc) is 3.29. The predicted octanol–water partition coefficient (Wildman–Crippen LogP) is 7.18. The van der Waals surface area contributed by atoms with E-state index in [1.54, 1.807) is 0 Å². The van der Waals surface area contributed by atoms with Gasteiger partial charge in [0, 0.05) is 11.3 Å². The van der Waals surface area contributed by atoms with Crippen LogP contribution in [0.3, 0.4) is 0 Å². The Balaban J connectivity index is 1.17. The summed E-state index contributed by atoms with van der Waals surface area (Å²) in [5.41, 5.74) is 6.83. The van der Waals surface area contributed by atoms with E-state index in [0.717, 1.165) is 27.8 Å². The Morgan fingerprint density at radius 2 is 1.74 bits per heavy atom. The molecule has 0 atom stereocenters. The molecule has 0 aliphatic heterocycles. The molecule has 0 unspecified atom stereocenters. The van der Waals surface area contributed by atoms with Gasteiger partial charge in [0.1, 0.15) is 11.3 Å². The van der Waals surface area contributed by atoms with E-state index in [0.29, 0.717) is 23.2 Å². The van der Waals surface area contributed by atoms with Crippen LogP contribution >= 0.6 is 0 Å². The zero-order chi connectivity index (χ0) is 23.5. The van der Waals surface area contributed by atoms with Gasteiger partial charge >= 0.3 is 0 Å². The van der Waals surface area contributed by atoms with E-state index in [4.69, 9.17) is 9.15 Å². The van der Waals surface area contributed by atoms with Crippen LogP contribution < -0.4 is 10.1 Å². The molecule has 0 saturated heterocycles. The molecule has 1 heterocycles. The summed E-state index contributed by atoms with van der Waals surface area (Å²) >= 11 is 0. The van der Waals surface area contributed by atoms with Gasteiger partial charge in [-0.15, -0.1) is 0 Å². The Labute approximate surface area is 200 Å². The van der Waals surface area contributed by atoms with Crippen molar-refractivity contribution in [2.75, 3.05) is 11.9 Å². The third-order valence-corrected chi connectivity index (χ3v) is 6.56. The molecule has 1 amide bonds. The van der Waals surface area contributed by atoms with Crippen LogP contribution in [0.1, 0.15) is 54.7 Å². The minimum atomic E-state index is -0.197. The third kappa shape index (κ3) is 4.98. The van der Waals surface area contributed by atoms with Gasteiger partial charge in [0.2, 0.25) is 5.89 Å². The van der Waals surface area contributed by atoms with E-state index in [2.05, 4.69) is 35.4 Å². The summed E-state index contributed by atoms with van der Waals surface area (Å²) in [6.07, 6.45) is 6.53. The normalized spacial score (nSPS) is 14.3. The molecule has 3 aromatic carbocycles. The number of carbonyl (C=O) groups excluding carboxylic acids is 1. The van der Waals surface area contributed by atoms with Gasteiger partial charge in [0.05, 0.1) is 0 Å². The number of nitrogens with one attached hydrogen (secondary N) is 1. The molecule has 34 heavy (non-hydrogen) atoms. The molecule has 0 bridgehead atoms. The summed E-state index contributed by atoms with van der Waals surface area (Å²) in [5, 5.41) is 2.88. The Morgan fingerprint density at radius 1 is 1.00 bits per heavy atom. The first-order valence-electron chi connectivity index (χ1n) is 12.1. The number of fused-ring (bicyclic) bond motifs is 1. The fraction of sp³-hybridized carbons (Fsp3) is 0.310. The molecule has 5 nitrogen and oxygen atoms in total. The lowest BCUT2D eigenvalue weighted by molar-refractivity contribution is -0.118. The number of oxazole rings is 1. The van der Waals surface area contributed by atoms with E-state index in [9.17, 15) is 4.79 Å². The van der Waals surface area contributed by atoms with Crippen LogP contribution in [-0.2, 0) is 4.79 Å². The van der Waals surface area contributed by atoms with Crippen LogP contribution in [-0.4, -0.2) is 17.5 Å². The molecule has 1 fully saturated rings. The van der Waals surface area contributed by atoms with Gasteiger partial charge in [-0.2, -0.15) is 0 Å². The van der Waals surface area contributed by atoms with Gasteiger partial charge in [-0.05, 0) is 91.8 Å². The highest BCUT2D eigenvalue weighted by Gasteiger charge is 2.15. The molecule has 0 radical (unpaired) electrons. The first-order valence-corrected chi connectivity index (χ1v) is 12.1. The van der Waals surface area contributed by atoms with Crippen LogP contribution in [0.5, 0.6) is 5.75 Å². The molecule has 1 saturated carbocycles. The van der Waals surface area contributed by atoms with E-state index in [1.807, 2.05) is 49.4 Å². The average molecular weight is 455 g/mol. The van der Waals surface area contributed by atoms with Gasteiger partial charge in [0.25, 0.3) is 5.91 Å². The van der Waals surface area contributed by atoms with Crippen LogP contribution in [0.15, 0.2) is 65.1 Å². The summed E-state index contributed by atoms with van der Waals surface area (Å²) in [6.45, 7) is 4.04. The smallest absolute Gasteiger partial charge is 0.262 e. The molecule has 5 rings (SSSR count). The molecule has 5 heteroatoms. The summed E-state index contributed by atoms with van der Waals surface area (Å²) < 4.78 is 11.7. The zero-order valence-corrected chi connectivity index (χ0v) is 19.8. The molecular formula is C29H30N2O3. The minimum Gasteiger partial charge on any atom is -0.484 e. The lowest BCUT2D eigenvalue weighted by Crippen LogP contribution is -2.20. The number of hydrogen-bond acceptors (Lipinski definition) is 4. The molecule has 174 valence electrons. The van der Waals surface area contributed by atoms with Crippen molar-refractivity contribution in [1.82, 2.24) is 4.98 Å². The van der Waals surface area contributed by atoms with Crippen molar-refractivity contribution in [3.8, 4) is 17.2 Å². The van der Waals surface area contributed by atoms with Crippen LogP contribution in [0.2, 0.25) is 0 Å². The number of aryl methyl sites for hydroxylation is 2. The topological polar surface area (TPSA) is 64.4 Å². The molecule has 0 spiro atoms. The highest BCUT2D eigenvalue weighted by atomic mass is 16.5. The highest BCUT2D eigenvalue weighted by molar-refractivity contribution is 5.92. The maximum Gasteiger partial charge on any atom is 0.262 e. The van der Waals surface area contributed by atoms with Crippen molar-refractivity contribution in [3.05, 3.63) is 77.4 Å². The van der Waals surface area contributed by atoms with Crippen molar-refractivity contribution < 1.29 is 13.9 Å². The van der Waals surface area contributed by atoms with Crippen LogP contribution in [0, 0.1) is 13.8 Å². The van der Waals surface area contributed by atoms with E-state index < -0.39 is 0 Å². The van der Waals surface area contributed by atoms with Gasteiger partial charge in [-0.25, -0.2) is 4.98 Å². The first kappa shape index (κ1) is 22.2. The number of ether oxygens (including phenoxy) is 1. The standard InChI is InChI=1S/C29H30N2O3/c1-19-16-20(2)28-26(17-19)31-29(34-28)23-8-12-24(13-9-23)30-27(32)18-33-25-14-10-22(11-15-25)21-6-4-3-5-7-21/h8-17,21H,3-7,18H2,1-2H3,(H,30,32). The molecule has 1 aliphatic rings. The van der Waals surface area contributed by atoms with E-state index >= 15 is 0 Å². The third-order valence-electron chi connectivity index (χ3n) is 6.56. The lowest BCUT2D eigenvalue weighted by Gasteiger charge is -2.22. The number of benzene rings is 3. The van der Waals surface area contributed by atoms with Crippen molar-refractivity contribution >= 4 is 22.7 Å². The lowest BCUT2D eigenvalue weighted by atomic mass is 9.84. The quantitative estimate of drug-likeness (QED) is 0.335. The summed E-state index contributed by atoms with van der Waals surface area (Å²) in [4.78, 5) is 17.0. The highest BCUT2D eigenvalue weighted by Crippen LogP contribution is 2.33. The second-order valence-corrected chi connectivity index (χ2v) is 9.27. The number of aromatic nitrogens is 1. The van der Waals surface area contributed by atoms with Gasteiger partial charge < -0.3 is 14.5 Å². The molecule has 1 aliphatic carbocycles. The van der Waals surface area contributed by atoms with Gasteiger partial charge in [0.15, 0.2) is 12.2 Å². The number of amides is 1. The Morgan fingerprint density at radius 3 is 2.47 bits per heavy atom. The fourth-order valence-electron chi connectivity index (χ4n) is 4.81. The second kappa shape index (κ2) is 9.72. The number of nitrogens with zero attached hydrogens (tertiary/aromatic N) is 1. The summed E-state index contributed by atoms with van der Waals surface area (Å²) in [7, 11) is 0. The molecule has 1 N–H and O–H groups in total. The predicted molar refractivity (Wildman–Crippen MR) is 135 cm³/mol. The largest absolute Gasteiger partial charge is 0.484 e. The summed E-state index contributed by atoms with van der Waals surface area (Å²) in [5.74, 6) is 1.75. The number of carbonyl (C=O) groups is 1. The second-order valence-electron chi connectivity index (χ2n) is 9.27. The van der Waals surface area contributed by atoms with Crippen molar-refractivity contribution in [1.29, 1.82) is 0 Å². The first-order chi connectivity index (χ1) is 16.5. The monoisotopic (exact) mass is 454 g/mol.